The first-order valence-corrected chi connectivity index (χ1v) is 6.58. The second-order valence-electron chi connectivity index (χ2n) is 4.52. The van der Waals surface area contributed by atoms with Crippen LogP contribution in [0.1, 0.15) is 31.2 Å². The van der Waals surface area contributed by atoms with Crippen LogP contribution < -0.4 is 5.32 Å². The molecule has 1 aromatic heterocycles. The zero-order valence-electron chi connectivity index (χ0n) is 9.44. The van der Waals surface area contributed by atoms with Crippen molar-refractivity contribution < 1.29 is 14.7 Å². The smallest absolute Gasteiger partial charge is 0.310 e. The Hall–Kier alpha value is -1.36. The van der Waals surface area contributed by atoms with Gasteiger partial charge in [0.25, 0.3) is 0 Å². The van der Waals surface area contributed by atoms with E-state index in [1.807, 2.05) is 16.8 Å². The normalized spacial score (nSPS) is 17.2. The lowest BCUT2D eigenvalue weighted by Gasteiger charge is -2.36. The maximum absolute atomic E-state index is 11.7. The van der Waals surface area contributed by atoms with Crippen molar-refractivity contribution in [3.8, 4) is 0 Å². The number of amides is 1. The summed E-state index contributed by atoms with van der Waals surface area (Å²) in [5.41, 5.74) is 0.264. The first-order chi connectivity index (χ1) is 8.12. The lowest BCUT2D eigenvalue weighted by atomic mass is 9.66. The van der Waals surface area contributed by atoms with Crippen LogP contribution in [-0.4, -0.2) is 17.0 Å². The van der Waals surface area contributed by atoms with Gasteiger partial charge in [0.2, 0.25) is 5.91 Å². The average Bonchev–Trinajstić information content (AvgIpc) is 2.72. The molecule has 1 amide bonds. The third kappa shape index (κ3) is 2.66. The Morgan fingerprint density at radius 1 is 1.47 bits per heavy atom. The number of rotatable bonds is 5. The number of carboxylic acids is 1. The van der Waals surface area contributed by atoms with Crippen molar-refractivity contribution in [1.82, 2.24) is 5.32 Å². The fraction of sp³-hybridized carbons (Fsp3) is 0.500. The van der Waals surface area contributed by atoms with Gasteiger partial charge < -0.3 is 10.4 Å². The van der Waals surface area contributed by atoms with E-state index in [4.69, 9.17) is 5.11 Å². The third-order valence-corrected chi connectivity index (χ3v) is 4.07. The predicted molar refractivity (Wildman–Crippen MR) is 64.7 cm³/mol. The van der Waals surface area contributed by atoms with Crippen LogP contribution in [0.15, 0.2) is 16.8 Å². The Balaban J connectivity index is 1.83. The topological polar surface area (TPSA) is 66.4 Å². The molecule has 17 heavy (non-hydrogen) atoms. The molecule has 5 heteroatoms. The summed E-state index contributed by atoms with van der Waals surface area (Å²) in [5, 5.41) is 15.8. The molecule has 0 atom stereocenters. The van der Waals surface area contributed by atoms with E-state index in [2.05, 4.69) is 5.32 Å². The Bertz CT molecular complexity index is 409. The highest BCUT2D eigenvalue weighted by atomic mass is 32.1. The third-order valence-electron chi connectivity index (χ3n) is 3.33. The van der Waals surface area contributed by atoms with Gasteiger partial charge in [0.15, 0.2) is 0 Å². The molecule has 1 aliphatic rings. The minimum atomic E-state index is -0.838. The quantitative estimate of drug-likeness (QED) is 0.843. The van der Waals surface area contributed by atoms with Gasteiger partial charge in [-0.25, -0.2) is 0 Å². The Morgan fingerprint density at radius 2 is 2.24 bits per heavy atom. The summed E-state index contributed by atoms with van der Waals surface area (Å²) in [5.74, 6) is -1.01. The molecular weight excluding hydrogens is 238 g/mol. The van der Waals surface area contributed by atoms with Crippen LogP contribution in [-0.2, 0) is 16.1 Å². The van der Waals surface area contributed by atoms with Crippen molar-refractivity contribution in [3.05, 3.63) is 22.4 Å². The van der Waals surface area contributed by atoms with Crippen LogP contribution in [0, 0.1) is 5.41 Å². The summed E-state index contributed by atoms with van der Waals surface area (Å²) < 4.78 is 0. The number of carbonyl (C=O) groups excluding carboxylic acids is 1. The lowest BCUT2D eigenvalue weighted by molar-refractivity contribution is -0.157. The molecule has 92 valence electrons. The second-order valence-corrected chi connectivity index (χ2v) is 5.30. The number of hydrogen-bond donors (Lipinski definition) is 2. The van der Waals surface area contributed by atoms with Gasteiger partial charge in [-0.3, -0.25) is 9.59 Å². The molecule has 2 N–H and O–H groups in total. The zero-order chi connectivity index (χ0) is 12.3. The summed E-state index contributed by atoms with van der Waals surface area (Å²) in [6.45, 7) is 0.484. The van der Waals surface area contributed by atoms with E-state index >= 15 is 0 Å². The van der Waals surface area contributed by atoms with E-state index in [-0.39, 0.29) is 12.3 Å². The van der Waals surface area contributed by atoms with Gasteiger partial charge in [-0.05, 0) is 35.2 Å². The number of carbonyl (C=O) groups is 2. The first kappa shape index (κ1) is 12.1. The molecule has 0 unspecified atom stereocenters. The summed E-state index contributed by atoms with van der Waals surface area (Å²) in [7, 11) is 0. The van der Waals surface area contributed by atoms with Crippen LogP contribution in [0.2, 0.25) is 0 Å². The molecule has 1 aliphatic carbocycles. The minimum Gasteiger partial charge on any atom is -0.481 e. The van der Waals surface area contributed by atoms with E-state index in [9.17, 15) is 9.59 Å². The highest BCUT2D eigenvalue weighted by molar-refractivity contribution is 7.07. The van der Waals surface area contributed by atoms with Gasteiger partial charge in [-0.2, -0.15) is 11.3 Å². The molecule has 4 nitrogen and oxygen atoms in total. The molecule has 0 bridgehead atoms. The van der Waals surface area contributed by atoms with Crippen molar-refractivity contribution >= 4 is 23.2 Å². The lowest BCUT2D eigenvalue weighted by Crippen LogP contribution is -2.42. The molecule has 1 heterocycles. The molecule has 2 rings (SSSR count). The van der Waals surface area contributed by atoms with Crippen LogP contribution in [0.4, 0.5) is 0 Å². The zero-order valence-corrected chi connectivity index (χ0v) is 10.3. The fourth-order valence-corrected chi connectivity index (χ4v) is 2.70. The van der Waals surface area contributed by atoms with Crippen molar-refractivity contribution in [2.45, 2.75) is 32.2 Å². The molecule has 0 aromatic carbocycles. The van der Waals surface area contributed by atoms with Crippen molar-refractivity contribution in [2.24, 2.45) is 5.41 Å². The Labute approximate surface area is 104 Å². The molecular formula is C12H15NO3S. The summed E-state index contributed by atoms with van der Waals surface area (Å²) in [6, 6.07) is 1.95. The van der Waals surface area contributed by atoms with Gasteiger partial charge in [0.05, 0.1) is 5.41 Å². The van der Waals surface area contributed by atoms with E-state index in [1.165, 1.54) is 0 Å². The number of aliphatic carboxylic acids is 1. The molecule has 0 radical (unpaired) electrons. The Morgan fingerprint density at radius 3 is 2.71 bits per heavy atom. The van der Waals surface area contributed by atoms with Gasteiger partial charge in [-0.15, -0.1) is 0 Å². The van der Waals surface area contributed by atoms with Crippen molar-refractivity contribution in [1.29, 1.82) is 0 Å². The standard InChI is InChI=1S/C12H15NO3S/c14-10(13-7-9-2-5-17-8-9)6-12(11(15)16)3-1-4-12/h2,5,8H,1,3-4,6-7H2,(H,13,14)(H,15,16). The van der Waals surface area contributed by atoms with Gasteiger partial charge in [0, 0.05) is 13.0 Å². The Kier molecular flexibility index (Phi) is 3.47. The van der Waals surface area contributed by atoms with E-state index in [1.54, 1.807) is 11.3 Å². The maximum atomic E-state index is 11.7. The molecule has 1 saturated carbocycles. The number of carboxylic acid groups (broad SMARTS) is 1. The van der Waals surface area contributed by atoms with Crippen molar-refractivity contribution in [3.63, 3.8) is 0 Å². The molecule has 0 spiro atoms. The van der Waals surface area contributed by atoms with Gasteiger partial charge >= 0.3 is 5.97 Å². The highest BCUT2D eigenvalue weighted by Gasteiger charge is 2.45. The largest absolute Gasteiger partial charge is 0.481 e. The molecule has 0 saturated heterocycles. The SMILES string of the molecule is O=C(CC1(C(=O)O)CCC1)NCc1ccsc1. The second kappa shape index (κ2) is 4.87. The minimum absolute atomic E-state index is 0.104. The molecule has 0 aliphatic heterocycles. The highest BCUT2D eigenvalue weighted by Crippen LogP contribution is 2.44. The van der Waals surface area contributed by atoms with Crippen LogP contribution in [0.25, 0.3) is 0 Å². The summed E-state index contributed by atoms with van der Waals surface area (Å²) in [6.07, 6.45) is 2.25. The molecule has 1 fully saturated rings. The first-order valence-electron chi connectivity index (χ1n) is 5.64. The maximum Gasteiger partial charge on any atom is 0.310 e. The fourth-order valence-electron chi connectivity index (χ4n) is 2.03. The van der Waals surface area contributed by atoms with E-state index in [0.717, 1.165) is 12.0 Å². The summed E-state index contributed by atoms with van der Waals surface area (Å²) >= 11 is 1.58. The van der Waals surface area contributed by atoms with E-state index < -0.39 is 11.4 Å². The number of hydrogen-bond acceptors (Lipinski definition) is 3. The van der Waals surface area contributed by atoms with Gasteiger partial charge in [0.1, 0.15) is 0 Å². The number of thiophene rings is 1. The monoisotopic (exact) mass is 253 g/mol. The van der Waals surface area contributed by atoms with Gasteiger partial charge in [-0.1, -0.05) is 6.42 Å². The predicted octanol–water partition coefficient (Wildman–Crippen LogP) is 2.01. The molecule has 1 aromatic rings. The van der Waals surface area contributed by atoms with Crippen LogP contribution >= 0.6 is 11.3 Å². The van der Waals surface area contributed by atoms with E-state index in [0.29, 0.717) is 19.4 Å². The average molecular weight is 253 g/mol. The number of nitrogens with one attached hydrogen (secondary N) is 1. The summed E-state index contributed by atoms with van der Waals surface area (Å²) in [4.78, 5) is 22.8. The van der Waals surface area contributed by atoms with Crippen LogP contribution in [0.5, 0.6) is 0 Å². The van der Waals surface area contributed by atoms with Crippen LogP contribution in [0.3, 0.4) is 0 Å². The van der Waals surface area contributed by atoms with Crippen molar-refractivity contribution in [2.75, 3.05) is 0 Å².